The van der Waals surface area contributed by atoms with E-state index >= 15 is 0 Å². The van der Waals surface area contributed by atoms with Gasteiger partial charge in [0.2, 0.25) is 11.9 Å². The number of hydrogen-bond acceptors (Lipinski definition) is 13. The molecule has 0 fully saturated rings. The third-order valence-electron chi connectivity index (χ3n) is 11.4. The topological polar surface area (TPSA) is 178 Å². The highest BCUT2D eigenvalue weighted by atomic mass is 19.1. The number of carbonyl (C=O) groups is 3. The van der Waals surface area contributed by atoms with Gasteiger partial charge >= 0.3 is 0 Å². The normalized spacial score (nSPS) is 12.4. The van der Waals surface area contributed by atoms with Crippen molar-refractivity contribution < 1.29 is 42.1 Å². The first-order chi connectivity index (χ1) is 33.7. The second kappa shape index (κ2) is 27.6. The number of carbonyl (C=O) groups excluding carboxylic acids is 3. The van der Waals surface area contributed by atoms with E-state index in [0.717, 1.165) is 24.7 Å². The summed E-state index contributed by atoms with van der Waals surface area (Å²) in [6.45, 7) is 9.67. The van der Waals surface area contributed by atoms with E-state index in [9.17, 15) is 23.2 Å². The molecule has 0 radical (unpaired) electrons. The van der Waals surface area contributed by atoms with Crippen molar-refractivity contribution in [2.45, 2.75) is 52.2 Å². The van der Waals surface area contributed by atoms with Gasteiger partial charge in [-0.2, -0.15) is 0 Å². The molecule has 0 spiro atoms. The van der Waals surface area contributed by atoms with E-state index < -0.39 is 11.6 Å². The number of nitrogens with one attached hydrogen (secondary N) is 4. The highest BCUT2D eigenvalue weighted by Crippen LogP contribution is 2.33. The second-order valence-corrected chi connectivity index (χ2v) is 16.4. The summed E-state index contributed by atoms with van der Waals surface area (Å²) in [5.74, 6) is -1.45. The molecule has 1 unspecified atom stereocenters. The highest BCUT2D eigenvalue weighted by Gasteiger charge is 2.25. The largest absolute Gasteiger partial charge is 0.378 e. The molecule has 4 N–H and O–H groups in total. The van der Waals surface area contributed by atoms with Gasteiger partial charge in [0, 0.05) is 89.6 Å². The lowest BCUT2D eigenvalue weighted by molar-refractivity contribution is -0.116. The zero-order valence-corrected chi connectivity index (χ0v) is 39.5. The lowest BCUT2D eigenvalue weighted by Crippen LogP contribution is -2.30. The zero-order chi connectivity index (χ0) is 48.8. The number of ether oxygens (including phenoxy) is 4. The van der Waals surface area contributed by atoms with Crippen LogP contribution in [-0.2, 0) is 36.8 Å². The van der Waals surface area contributed by atoms with Gasteiger partial charge in [0.05, 0.1) is 76.4 Å². The van der Waals surface area contributed by atoms with Gasteiger partial charge in [0.15, 0.2) is 0 Å². The summed E-state index contributed by atoms with van der Waals surface area (Å²) in [6, 6.07) is 23.6. The number of aromatic nitrogens is 2. The number of halogens is 2. The summed E-state index contributed by atoms with van der Waals surface area (Å²) >= 11 is 0. The molecule has 0 bridgehead atoms. The number of amides is 2. The van der Waals surface area contributed by atoms with Crippen LogP contribution in [0.1, 0.15) is 76.1 Å². The van der Waals surface area contributed by atoms with E-state index in [0.29, 0.717) is 136 Å². The van der Waals surface area contributed by atoms with Crippen LogP contribution < -0.4 is 21.3 Å². The average Bonchev–Trinajstić information content (AvgIpc) is 3.51. The van der Waals surface area contributed by atoms with E-state index in [1.54, 1.807) is 54.7 Å². The Kier molecular flexibility index (Phi) is 20.8. The predicted molar refractivity (Wildman–Crippen MR) is 262 cm³/mol. The Morgan fingerprint density at radius 3 is 2.13 bits per heavy atom. The molecule has 6 rings (SSSR count). The van der Waals surface area contributed by atoms with Crippen molar-refractivity contribution in [2.24, 2.45) is 4.99 Å². The first-order valence-corrected chi connectivity index (χ1v) is 23.3. The van der Waals surface area contributed by atoms with E-state index in [4.69, 9.17) is 23.9 Å². The maximum atomic E-state index is 14.8. The van der Waals surface area contributed by atoms with Crippen LogP contribution in [0.2, 0.25) is 0 Å². The molecular weight excluding hydrogens is 887 g/mol. The van der Waals surface area contributed by atoms with Crippen LogP contribution in [0.4, 0.5) is 26.1 Å². The minimum Gasteiger partial charge on any atom is -0.378 e. The van der Waals surface area contributed by atoms with Crippen LogP contribution in [0, 0.1) is 11.6 Å². The number of nitrogens with zero attached hydrogens (tertiary/aromatic N) is 4. The SMILES string of the molecule is CCCC(C)N(C)Cc1c(C=O)cccc1NC(=O)CCNCCOCCOCCOCCOCCNC(=O)c1ccc(Nc2ncc3c(n2)-c2ccccc2C(c2c(F)cccc2F)=NC3)cc1. The van der Waals surface area contributed by atoms with Crippen LogP contribution in [0.25, 0.3) is 11.3 Å². The summed E-state index contributed by atoms with van der Waals surface area (Å²) in [6.07, 6.45) is 4.90. The van der Waals surface area contributed by atoms with E-state index in [2.05, 4.69) is 50.0 Å². The molecule has 0 saturated heterocycles. The van der Waals surface area contributed by atoms with E-state index in [1.165, 1.54) is 18.2 Å². The molecule has 2 amide bonds. The maximum absolute atomic E-state index is 14.8. The van der Waals surface area contributed by atoms with Crippen molar-refractivity contribution in [1.82, 2.24) is 25.5 Å². The molecule has 69 heavy (non-hydrogen) atoms. The van der Waals surface area contributed by atoms with Gasteiger partial charge in [0.25, 0.3) is 5.91 Å². The molecule has 1 aromatic heterocycles. The third kappa shape index (κ3) is 15.6. The van der Waals surface area contributed by atoms with E-state index in [1.807, 2.05) is 25.2 Å². The highest BCUT2D eigenvalue weighted by molar-refractivity contribution is 6.17. The van der Waals surface area contributed by atoms with Crippen molar-refractivity contribution in [3.8, 4) is 11.3 Å². The average molecular weight is 949 g/mol. The van der Waals surface area contributed by atoms with Crippen molar-refractivity contribution >= 4 is 41.1 Å². The van der Waals surface area contributed by atoms with Crippen molar-refractivity contribution in [3.63, 3.8) is 0 Å². The summed E-state index contributed by atoms with van der Waals surface area (Å²) in [5.41, 5.74) is 5.77. The van der Waals surface area contributed by atoms with Crippen LogP contribution >= 0.6 is 0 Å². The van der Waals surface area contributed by atoms with Crippen LogP contribution in [0.3, 0.4) is 0 Å². The molecule has 0 aliphatic carbocycles. The number of rotatable bonds is 29. The molecule has 366 valence electrons. The van der Waals surface area contributed by atoms with Crippen LogP contribution in [0.5, 0.6) is 0 Å². The Labute approximate surface area is 402 Å². The van der Waals surface area contributed by atoms with Crippen molar-refractivity contribution in [3.05, 3.63) is 136 Å². The number of aliphatic imine (C=N–C) groups is 1. The summed E-state index contributed by atoms with van der Waals surface area (Å²) in [7, 11) is 2.03. The van der Waals surface area contributed by atoms with Crippen LogP contribution in [0.15, 0.2) is 96.1 Å². The number of aldehydes is 1. The number of anilines is 3. The predicted octanol–water partition coefficient (Wildman–Crippen LogP) is 7.36. The Morgan fingerprint density at radius 1 is 0.797 bits per heavy atom. The summed E-state index contributed by atoms with van der Waals surface area (Å²) in [4.78, 5) is 53.2. The molecule has 1 aliphatic heterocycles. The number of hydrogen-bond donors (Lipinski definition) is 4. The summed E-state index contributed by atoms with van der Waals surface area (Å²) < 4.78 is 52.0. The molecule has 17 heteroatoms. The Bertz CT molecular complexity index is 2470. The lowest BCUT2D eigenvalue weighted by Gasteiger charge is -2.26. The van der Waals surface area contributed by atoms with Crippen LogP contribution in [-0.4, -0.2) is 124 Å². The fourth-order valence-corrected chi connectivity index (χ4v) is 7.57. The number of benzene rings is 4. The van der Waals surface area contributed by atoms with Gasteiger partial charge in [0.1, 0.15) is 17.9 Å². The molecule has 2 heterocycles. The Hall–Kier alpha value is -6.34. The van der Waals surface area contributed by atoms with Crippen molar-refractivity contribution in [2.75, 3.05) is 90.2 Å². The van der Waals surface area contributed by atoms with Gasteiger partial charge in [-0.05, 0) is 62.9 Å². The third-order valence-corrected chi connectivity index (χ3v) is 11.4. The van der Waals surface area contributed by atoms with Gasteiger partial charge < -0.3 is 40.2 Å². The molecule has 1 atom stereocenters. The molecule has 5 aromatic rings. The first kappa shape index (κ1) is 52.0. The molecule has 15 nitrogen and oxygen atoms in total. The molecule has 0 saturated carbocycles. The lowest BCUT2D eigenvalue weighted by atomic mass is 9.95. The van der Waals surface area contributed by atoms with Gasteiger partial charge in [-0.3, -0.25) is 24.3 Å². The quantitative estimate of drug-likeness (QED) is 0.0277. The smallest absolute Gasteiger partial charge is 0.251 e. The molecule has 4 aromatic carbocycles. The summed E-state index contributed by atoms with van der Waals surface area (Å²) in [5, 5.41) is 12.2. The Morgan fingerprint density at radius 2 is 1.45 bits per heavy atom. The fraction of sp³-hybridized carbons (Fsp3) is 0.385. The minimum absolute atomic E-state index is 0.124. The standard InChI is InChI=1S/C52H62F2N8O7/c1-4-9-36(2)62(3)34-43-38(35-63)10-7-15-46(43)60-47(64)20-21-55-22-24-66-26-28-68-30-31-69-29-27-67-25-23-56-51(65)37-16-18-40(19-17-37)59-52-58-33-39-32-57-50(48-44(53)13-8-14-45(48)54)42-12-6-5-11-41(42)49(39)61-52/h5-8,10-19,33,35-36,55H,4,9,20-32,34H2,1-3H3,(H,56,65)(H,60,64)(H,58,59,61). The second-order valence-electron chi connectivity index (χ2n) is 16.4. The maximum Gasteiger partial charge on any atom is 0.251 e. The zero-order valence-electron chi connectivity index (χ0n) is 39.5. The Balaban J connectivity index is 0.773. The van der Waals surface area contributed by atoms with Gasteiger partial charge in [-0.15, -0.1) is 0 Å². The monoisotopic (exact) mass is 948 g/mol. The fourth-order valence-electron chi connectivity index (χ4n) is 7.57. The van der Waals surface area contributed by atoms with Crippen molar-refractivity contribution in [1.29, 1.82) is 0 Å². The number of fused-ring (bicyclic) bond motifs is 3. The van der Waals surface area contributed by atoms with Gasteiger partial charge in [-0.25, -0.2) is 18.7 Å². The van der Waals surface area contributed by atoms with E-state index in [-0.39, 0.29) is 36.1 Å². The molecule has 1 aliphatic rings. The molecular formula is C52H62F2N8O7. The van der Waals surface area contributed by atoms with Gasteiger partial charge in [-0.1, -0.05) is 55.8 Å². The minimum atomic E-state index is -0.694. The first-order valence-electron chi connectivity index (χ1n) is 23.3.